The number of hydrogen-bond acceptors (Lipinski definition) is 4. The summed E-state index contributed by atoms with van der Waals surface area (Å²) in [6.07, 6.45) is 2.20. The molecule has 1 saturated carbocycles. The summed E-state index contributed by atoms with van der Waals surface area (Å²) in [7, 11) is 0. The first kappa shape index (κ1) is 11.9. The van der Waals surface area contributed by atoms with E-state index in [1.807, 2.05) is 0 Å². The van der Waals surface area contributed by atoms with Crippen molar-refractivity contribution in [2.45, 2.75) is 25.7 Å². The Bertz CT molecular complexity index is 700. The minimum absolute atomic E-state index is 0.0262. The smallest absolute Gasteiger partial charge is 0.408 e. The van der Waals surface area contributed by atoms with Gasteiger partial charge in [0.25, 0.3) is 0 Å². The number of hydrogen-bond donors (Lipinski definition) is 1. The van der Waals surface area contributed by atoms with Crippen LogP contribution < -0.4 is 5.76 Å². The number of carbonyl (C=O) groups is 2. The number of benzene rings is 1. The second kappa shape index (κ2) is 4.50. The van der Waals surface area contributed by atoms with Crippen LogP contribution in [0, 0.1) is 5.92 Å². The molecule has 1 aliphatic carbocycles. The maximum atomic E-state index is 12.3. The number of Topliss-reactive ketones (excluding diaryl/α,β-unsaturated/α-hetero) is 2. The van der Waals surface area contributed by atoms with Gasteiger partial charge in [-0.2, -0.15) is 0 Å². The first-order valence-electron chi connectivity index (χ1n) is 6.32. The van der Waals surface area contributed by atoms with Gasteiger partial charge in [-0.25, -0.2) is 4.79 Å². The molecule has 0 spiro atoms. The van der Waals surface area contributed by atoms with Crippen molar-refractivity contribution in [2.75, 3.05) is 0 Å². The Morgan fingerprint density at radius 3 is 2.68 bits per heavy atom. The van der Waals surface area contributed by atoms with Gasteiger partial charge in [-0.05, 0) is 31.0 Å². The molecule has 0 bridgehead atoms. The summed E-state index contributed by atoms with van der Waals surface area (Å²) in [5.41, 5.74) is 1.51. The lowest BCUT2D eigenvalue weighted by molar-refractivity contribution is -0.120. The summed E-state index contributed by atoms with van der Waals surface area (Å²) in [4.78, 5) is 37.1. The van der Waals surface area contributed by atoms with Gasteiger partial charge in [-0.3, -0.25) is 14.6 Å². The molecule has 1 fully saturated rings. The second-order valence-electron chi connectivity index (χ2n) is 4.90. The Balaban J connectivity index is 1.88. The summed E-state index contributed by atoms with van der Waals surface area (Å²) in [6.45, 7) is 0. The highest BCUT2D eigenvalue weighted by Gasteiger charge is 2.25. The number of oxazole rings is 1. The molecule has 1 heterocycles. The highest BCUT2D eigenvalue weighted by atomic mass is 16.4. The van der Waals surface area contributed by atoms with Gasteiger partial charge < -0.3 is 4.42 Å². The quantitative estimate of drug-likeness (QED) is 0.837. The van der Waals surface area contributed by atoms with E-state index in [4.69, 9.17) is 4.42 Å². The predicted molar refractivity (Wildman–Crippen MR) is 68.1 cm³/mol. The molecule has 1 N–H and O–H groups in total. The molecule has 5 heteroatoms. The van der Waals surface area contributed by atoms with Crippen LogP contribution in [0.2, 0.25) is 0 Å². The number of aromatic amines is 1. The molecule has 19 heavy (non-hydrogen) atoms. The van der Waals surface area contributed by atoms with Gasteiger partial charge in [-0.1, -0.05) is 0 Å². The van der Waals surface area contributed by atoms with Gasteiger partial charge in [0.2, 0.25) is 0 Å². The molecule has 0 atom stereocenters. The van der Waals surface area contributed by atoms with Crippen LogP contribution in [-0.4, -0.2) is 16.6 Å². The van der Waals surface area contributed by atoms with E-state index in [0.29, 0.717) is 42.3 Å². The third-order valence-corrected chi connectivity index (χ3v) is 3.62. The zero-order valence-electron chi connectivity index (χ0n) is 10.3. The third kappa shape index (κ3) is 2.23. The van der Waals surface area contributed by atoms with Crippen LogP contribution in [-0.2, 0) is 4.79 Å². The van der Waals surface area contributed by atoms with E-state index < -0.39 is 5.76 Å². The van der Waals surface area contributed by atoms with Crippen molar-refractivity contribution in [3.63, 3.8) is 0 Å². The molecular weight excluding hydrogens is 246 g/mol. The first-order chi connectivity index (χ1) is 9.13. The van der Waals surface area contributed by atoms with E-state index in [1.165, 1.54) is 0 Å². The average molecular weight is 259 g/mol. The lowest BCUT2D eigenvalue weighted by Gasteiger charge is -2.19. The molecule has 0 saturated heterocycles. The molecule has 1 aromatic carbocycles. The van der Waals surface area contributed by atoms with Crippen LogP contribution in [0.4, 0.5) is 0 Å². The van der Waals surface area contributed by atoms with Gasteiger partial charge in [0.05, 0.1) is 5.52 Å². The highest BCUT2D eigenvalue weighted by Crippen LogP contribution is 2.26. The van der Waals surface area contributed by atoms with E-state index in [9.17, 15) is 14.4 Å². The molecular formula is C14H13NO4. The largest absolute Gasteiger partial charge is 0.417 e. The number of carbonyl (C=O) groups excluding carboxylic acids is 2. The van der Waals surface area contributed by atoms with Crippen molar-refractivity contribution in [3.05, 3.63) is 34.3 Å². The van der Waals surface area contributed by atoms with E-state index in [1.54, 1.807) is 18.2 Å². The fourth-order valence-electron chi connectivity index (χ4n) is 2.54. The second-order valence-corrected chi connectivity index (χ2v) is 4.90. The third-order valence-electron chi connectivity index (χ3n) is 3.62. The fraction of sp³-hybridized carbons (Fsp3) is 0.357. The number of ketones is 2. The Morgan fingerprint density at radius 2 is 1.95 bits per heavy atom. The van der Waals surface area contributed by atoms with Crippen LogP contribution in [0.15, 0.2) is 27.4 Å². The summed E-state index contributed by atoms with van der Waals surface area (Å²) in [5, 5.41) is 0. The predicted octanol–water partition coefficient (Wildman–Crippen LogP) is 2.06. The Morgan fingerprint density at radius 1 is 1.21 bits per heavy atom. The van der Waals surface area contributed by atoms with Gasteiger partial charge >= 0.3 is 5.76 Å². The van der Waals surface area contributed by atoms with Crippen LogP contribution >= 0.6 is 0 Å². The van der Waals surface area contributed by atoms with E-state index in [-0.39, 0.29) is 17.5 Å². The maximum absolute atomic E-state index is 12.3. The lowest BCUT2D eigenvalue weighted by Crippen LogP contribution is -2.21. The van der Waals surface area contributed by atoms with E-state index in [2.05, 4.69) is 4.98 Å². The number of fused-ring (bicyclic) bond motifs is 1. The lowest BCUT2D eigenvalue weighted by atomic mass is 9.83. The Labute approximate surface area is 108 Å². The van der Waals surface area contributed by atoms with Gasteiger partial charge in [0, 0.05) is 24.3 Å². The number of nitrogens with one attached hydrogen (secondary N) is 1. The van der Waals surface area contributed by atoms with Crippen molar-refractivity contribution in [3.8, 4) is 0 Å². The van der Waals surface area contributed by atoms with Crippen molar-refractivity contribution in [1.82, 2.24) is 4.98 Å². The molecule has 0 unspecified atom stereocenters. The number of H-pyrrole nitrogens is 1. The van der Waals surface area contributed by atoms with Crippen molar-refractivity contribution >= 4 is 22.7 Å². The first-order valence-corrected chi connectivity index (χ1v) is 6.32. The fourth-order valence-corrected chi connectivity index (χ4v) is 2.54. The SMILES string of the molecule is O=C1CCC(C(=O)c2ccc3[nH]c(=O)oc3c2)CC1. The highest BCUT2D eigenvalue weighted by molar-refractivity contribution is 6.00. The van der Waals surface area contributed by atoms with Gasteiger partial charge in [0.1, 0.15) is 5.78 Å². The zero-order valence-corrected chi connectivity index (χ0v) is 10.3. The minimum atomic E-state index is -0.525. The molecule has 0 amide bonds. The van der Waals surface area contributed by atoms with Crippen molar-refractivity contribution in [2.24, 2.45) is 5.92 Å². The Hall–Kier alpha value is -2.17. The molecule has 1 aliphatic rings. The van der Waals surface area contributed by atoms with Crippen LogP contribution in [0.3, 0.4) is 0 Å². The maximum Gasteiger partial charge on any atom is 0.417 e. The topological polar surface area (TPSA) is 80.1 Å². The van der Waals surface area contributed by atoms with Gasteiger partial charge in [-0.15, -0.1) is 0 Å². The minimum Gasteiger partial charge on any atom is -0.408 e. The van der Waals surface area contributed by atoms with E-state index in [0.717, 1.165) is 0 Å². The van der Waals surface area contributed by atoms with Crippen LogP contribution in [0.5, 0.6) is 0 Å². The summed E-state index contributed by atoms with van der Waals surface area (Å²) in [5.74, 6) is -0.363. The molecule has 98 valence electrons. The normalized spacial score (nSPS) is 16.9. The van der Waals surface area contributed by atoms with Crippen molar-refractivity contribution in [1.29, 1.82) is 0 Å². The summed E-state index contributed by atoms with van der Waals surface area (Å²) in [6, 6.07) is 4.94. The molecule has 2 aromatic rings. The van der Waals surface area contributed by atoms with Gasteiger partial charge in [0.15, 0.2) is 11.4 Å². The molecule has 0 aliphatic heterocycles. The van der Waals surface area contributed by atoms with Crippen LogP contribution in [0.1, 0.15) is 36.0 Å². The van der Waals surface area contributed by atoms with Crippen molar-refractivity contribution < 1.29 is 14.0 Å². The standard InChI is InChI=1S/C14H13NO4/c16-10-4-1-8(2-5-10)13(17)9-3-6-11-12(7-9)19-14(18)15-11/h3,6-8H,1-2,4-5H2,(H,15,18). The molecule has 1 aromatic heterocycles. The number of aromatic nitrogens is 1. The summed E-state index contributed by atoms with van der Waals surface area (Å²) >= 11 is 0. The molecule has 0 radical (unpaired) electrons. The summed E-state index contributed by atoms with van der Waals surface area (Å²) < 4.78 is 4.95. The number of rotatable bonds is 2. The molecule has 3 rings (SSSR count). The molecule has 5 nitrogen and oxygen atoms in total. The average Bonchev–Trinajstić information content (AvgIpc) is 2.77. The zero-order chi connectivity index (χ0) is 13.4. The van der Waals surface area contributed by atoms with E-state index >= 15 is 0 Å². The monoisotopic (exact) mass is 259 g/mol. The Kier molecular flexibility index (Phi) is 2.81. The van der Waals surface area contributed by atoms with Crippen LogP contribution in [0.25, 0.3) is 11.1 Å².